The van der Waals surface area contributed by atoms with Crippen LogP contribution in [0, 0.1) is 5.41 Å². The number of nitrogen functional groups attached to an aromatic ring is 1. The number of hydrogen-bond acceptors (Lipinski definition) is 3. The van der Waals surface area contributed by atoms with Crippen LogP contribution in [0.3, 0.4) is 0 Å². The predicted molar refractivity (Wildman–Crippen MR) is 62.4 cm³/mol. The second-order valence-corrected chi connectivity index (χ2v) is 5.01. The van der Waals surface area contributed by atoms with Crippen LogP contribution >= 0.6 is 11.6 Å². The fraction of sp³-hybridized carbons (Fsp3) is 0.455. The topological polar surface area (TPSA) is 51.8 Å². The summed E-state index contributed by atoms with van der Waals surface area (Å²) in [5.74, 6) is 0.461. The van der Waals surface area contributed by atoms with Gasteiger partial charge in [0.1, 0.15) is 0 Å². The Labute approximate surface area is 94.3 Å². The first-order valence-corrected chi connectivity index (χ1v) is 5.36. The summed E-state index contributed by atoms with van der Waals surface area (Å²) in [6, 6.07) is 1.79. The Balaban J connectivity index is 2.43. The highest BCUT2D eigenvalue weighted by molar-refractivity contribution is 6.29. The van der Waals surface area contributed by atoms with E-state index in [1.54, 1.807) is 6.07 Å². The van der Waals surface area contributed by atoms with Gasteiger partial charge in [0.05, 0.1) is 0 Å². The van der Waals surface area contributed by atoms with Gasteiger partial charge in [0.25, 0.3) is 0 Å². The number of allylic oxidation sites excluding steroid dienone is 2. The smallest absolute Gasteiger partial charge is 0.153 e. The molecular weight excluding hydrogens is 210 g/mol. The van der Waals surface area contributed by atoms with Crippen molar-refractivity contribution in [2.24, 2.45) is 5.41 Å². The first kappa shape index (κ1) is 10.4. The molecule has 1 aliphatic carbocycles. The molecule has 1 aromatic rings. The van der Waals surface area contributed by atoms with Crippen LogP contribution in [0.15, 0.2) is 12.1 Å². The molecule has 2 N–H and O–H groups in total. The lowest BCUT2D eigenvalue weighted by molar-refractivity contribution is 0.471. The van der Waals surface area contributed by atoms with Crippen LogP contribution in [0.4, 0.5) is 5.82 Å². The number of nitrogens with two attached hydrogens (primary N) is 1. The van der Waals surface area contributed by atoms with E-state index < -0.39 is 0 Å². The molecule has 1 aromatic heterocycles. The molecule has 0 unspecified atom stereocenters. The average molecular weight is 224 g/mol. The van der Waals surface area contributed by atoms with E-state index in [0.717, 1.165) is 18.4 Å². The van der Waals surface area contributed by atoms with Crippen LogP contribution in [0.2, 0.25) is 5.15 Å². The van der Waals surface area contributed by atoms with E-state index in [4.69, 9.17) is 17.3 Å². The maximum atomic E-state index is 5.81. The van der Waals surface area contributed by atoms with Gasteiger partial charge in [-0.2, -0.15) is 0 Å². The van der Waals surface area contributed by atoms with Crippen molar-refractivity contribution in [1.29, 1.82) is 0 Å². The van der Waals surface area contributed by atoms with E-state index in [9.17, 15) is 0 Å². The van der Waals surface area contributed by atoms with Crippen LogP contribution in [0.1, 0.15) is 32.3 Å². The van der Waals surface area contributed by atoms with Gasteiger partial charge in [0.2, 0.25) is 0 Å². The summed E-state index contributed by atoms with van der Waals surface area (Å²) >= 11 is 5.81. The number of aromatic nitrogens is 2. The van der Waals surface area contributed by atoms with Crippen molar-refractivity contribution in [3.63, 3.8) is 0 Å². The molecule has 3 nitrogen and oxygen atoms in total. The van der Waals surface area contributed by atoms with Gasteiger partial charge in [0.15, 0.2) is 11.0 Å². The minimum absolute atomic E-state index is 0.248. The molecule has 0 saturated carbocycles. The number of rotatable bonds is 1. The van der Waals surface area contributed by atoms with E-state index in [1.807, 2.05) is 0 Å². The molecule has 15 heavy (non-hydrogen) atoms. The van der Waals surface area contributed by atoms with Gasteiger partial charge in [-0.25, -0.2) is 0 Å². The van der Waals surface area contributed by atoms with Crippen molar-refractivity contribution >= 4 is 23.0 Å². The third-order valence-electron chi connectivity index (χ3n) is 2.74. The Morgan fingerprint density at radius 2 is 2.13 bits per heavy atom. The Kier molecular flexibility index (Phi) is 2.43. The Morgan fingerprint density at radius 1 is 1.40 bits per heavy atom. The molecular formula is C11H14ClN3. The number of hydrogen-bond donors (Lipinski definition) is 1. The zero-order valence-corrected chi connectivity index (χ0v) is 9.67. The van der Waals surface area contributed by atoms with Gasteiger partial charge in [-0.1, -0.05) is 31.5 Å². The number of anilines is 1. The van der Waals surface area contributed by atoms with Crippen LogP contribution in [0.5, 0.6) is 0 Å². The van der Waals surface area contributed by atoms with Gasteiger partial charge in [-0.15, -0.1) is 10.2 Å². The molecule has 0 bridgehead atoms. The molecule has 0 aliphatic heterocycles. The van der Waals surface area contributed by atoms with Gasteiger partial charge < -0.3 is 5.73 Å². The van der Waals surface area contributed by atoms with Gasteiger partial charge in [-0.3, -0.25) is 0 Å². The maximum absolute atomic E-state index is 5.81. The van der Waals surface area contributed by atoms with E-state index in [1.165, 1.54) is 5.57 Å². The summed E-state index contributed by atoms with van der Waals surface area (Å²) in [4.78, 5) is 0. The summed E-state index contributed by atoms with van der Waals surface area (Å²) in [6.45, 7) is 4.43. The Hall–Kier alpha value is -1.09. The normalized spacial score (nSPS) is 19.0. The standard InChI is InChI=1S/C11H14ClN3/c1-11(2)4-3-7(6-11)8-5-9(12)14-15-10(8)13/h5-6H,3-4H2,1-2H3,(H2,13,15). The highest BCUT2D eigenvalue weighted by Gasteiger charge is 2.24. The summed E-state index contributed by atoms with van der Waals surface area (Å²) in [6.07, 6.45) is 4.41. The molecule has 1 heterocycles. The van der Waals surface area contributed by atoms with Crippen molar-refractivity contribution in [3.8, 4) is 0 Å². The van der Waals surface area contributed by atoms with E-state index in [2.05, 4.69) is 30.1 Å². The predicted octanol–water partition coefficient (Wildman–Crippen LogP) is 2.92. The number of nitrogens with zero attached hydrogens (tertiary/aromatic N) is 2. The molecule has 0 saturated heterocycles. The minimum atomic E-state index is 0.248. The van der Waals surface area contributed by atoms with E-state index in [-0.39, 0.29) is 5.41 Å². The van der Waals surface area contributed by atoms with E-state index >= 15 is 0 Å². The summed E-state index contributed by atoms with van der Waals surface area (Å²) in [5.41, 5.74) is 8.19. The van der Waals surface area contributed by atoms with Crippen LogP contribution in [-0.4, -0.2) is 10.2 Å². The SMILES string of the molecule is CC1(C)C=C(c2cc(Cl)nnc2N)CC1. The zero-order chi connectivity index (χ0) is 11.1. The summed E-state index contributed by atoms with van der Waals surface area (Å²) in [7, 11) is 0. The molecule has 0 aromatic carbocycles. The molecule has 0 spiro atoms. The highest BCUT2D eigenvalue weighted by atomic mass is 35.5. The molecule has 1 aliphatic rings. The van der Waals surface area contributed by atoms with Crippen LogP contribution in [0.25, 0.3) is 5.57 Å². The van der Waals surface area contributed by atoms with E-state index in [0.29, 0.717) is 11.0 Å². The summed E-state index contributed by atoms with van der Waals surface area (Å²) in [5, 5.41) is 7.93. The Morgan fingerprint density at radius 3 is 2.73 bits per heavy atom. The lowest BCUT2D eigenvalue weighted by Gasteiger charge is -2.11. The van der Waals surface area contributed by atoms with Crippen molar-refractivity contribution in [3.05, 3.63) is 22.9 Å². The molecule has 2 rings (SSSR count). The molecule has 0 radical (unpaired) electrons. The van der Waals surface area contributed by atoms with Crippen molar-refractivity contribution in [2.75, 3.05) is 5.73 Å². The average Bonchev–Trinajstić information content (AvgIpc) is 2.50. The monoisotopic (exact) mass is 223 g/mol. The lowest BCUT2D eigenvalue weighted by Crippen LogP contribution is -2.00. The van der Waals surface area contributed by atoms with Crippen LogP contribution < -0.4 is 5.73 Å². The third-order valence-corrected chi connectivity index (χ3v) is 2.93. The quantitative estimate of drug-likeness (QED) is 0.797. The van der Waals surface area contributed by atoms with Gasteiger partial charge in [-0.05, 0) is 29.9 Å². The minimum Gasteiger partial charge on any atom is -0.382 e. The molecule has 80 valence electrons. The molecule has 0 fully saturated rings. The maximum Gasteiger partial charge on any atom is 0.153 e. The fourth-order valence-electron chi connectivity index (χ4n) is 1.92. The fourth-order valence-corrected chi connectivity index (χ4v) is 2.07. The largest absolute Gasteiger partial charge is 0.382 e. The second-order valence-electron chi connectivity index (χ2n) is 4.62. The molecule has 0 amide bonds. The Bertz CT molecular complexity index is 424. The first-order chi connectivity index (χ1) is 6.98. The number of halogens is 1. The first-order valence-electron chi connectivity index (χ1n) is 4.99. The van der Waals surface area contributed by atoms with Crippen molar-refractivity contribution in [2.45, 2.75) is 26.7 Å². The highest BCUT2D eigenvalue weighted by Crippen LogP contribution is 2.40. The second kappa shape index (κ2) is 3.49. The van der Waals surface area contributed by atoms with Gasteiger partial charge >= 0.3 is 0 Å². The summed E-state index contributed by atoms with van der Waals surface area (Å²) < 4.78 is 0. The van der Waals surface area contributed by atoms with Crippen LogP contribution in [-0.2, 0) is 0 Å². The zero-order valence-electron chi connectivity index (χ0n) is 8.92. The third kappa shape index (κ3) is 2.12. The molecule has 0 atom stereocenters. The van der Waals surface area contributed by atoms with Gasteiger partial charge in [0, 0.05) is 5.56 Å². The molecule has 4 heteroatoms. The lowest BCUT2D eigenvalue weighted by atomic mass is 9.94. The van der Waals surface area contributed by atoms with Crippen molar-refractivity contribution in [1.82, 2.24) is 10.2 Å². The van der Waals surface area contributed by atoms with Crippen molar-refractivity contribution < 1.29 is 0 Å².